The van der Waals surface area contributed by atoms with Gasteiger partial charge in [0, 0.05) is 12.2 Å². The summed E-state index contributed by atoms with van der Waals surface area (Å²) >= 11 is 0. The van der Waals surface area contributed by atoms with E-state index in [1.54, 1.807) is 0 Å². The van der Waals surface area contributed by atoms with Crippen molar-refractivity contribution in [2.45, 2.75) is 26.7 Å². The van der Waals surface area contributed by atoms with Crippen molar-refractivity contribution in [3.05, 3.63) is 29.8 Å². The van der Waals surface area contributed by atoms with Gasteiger partial charge in [-0.15, -0.1) is 0 Å². The van der Waals surface area contributed by atoms with Gasteiger partial charge in [0.1, 0.15) is 0 Å². The summed E-state index contributed by atoms with van der Waals surface area (Å²) in [6.45, 7) is 7.85. The molecule has 0 unspecified atom stereocenters. The van der Waals surface area contributed by atoms with E-state index in [0.29, 0.717) is 0 Å². The van der Waals surface area contributed by atoms with Gasteiger partial charge in [-0.3, -0.25) is 0 Å². The SMILES string of the molecule is CCCN(CC)CCc1ccccc1N. The van der Waals surface area contributed by atoms with Crippen LogP contribution in [-0.2, 0) is 6.42 Å². The van der Waals surface area contributed by atoms with Crippen LogP contribution in [0.1, 0.15) is 25.8 Å². The van der Waals surface area contributed by atoms with E-state index in [1.165, 1.54) is 18.5 Å². The van der Waals surface area contributed by atoms with E-state index in [-0.39, 0.29) is 0 Å². The van der Waals surface area contributed by atoms with E-state index >= 15 is 0 Å². The largest absolute Gasteiger partial charge is 0.399 e. The highest BCUT2D eigenvalue weighted by molar-refractivity contribution is 5.46. The Morgan fingerprint density at radius 1 is 1.13 bits per heavy atom. The zero-order chi connectivity index (χ0) is 11.1. The van der Waals surface area contributed by atoms with Gasteiger partial charge in [-0.05, 0) is 37.6 Å². The Labute approximate surface area is 93.1 Å². The van der Waals surface area contributed by atoms with Crippen molar-refractivity contribution in [1.29, 1.82) is 0 Å². The zero-order valence-corrected chi connectivity index (χ0v) is 9.87. The lowest BCUT2D eigenvalue weighted by atomic mass is 10.1. The van der Waals surface area contributed by atoms with E-state index < -0.39 is 0 Å². The summed E-state index contributed by atoms with van der Waals surface area (Å²) < 4.78 is 0. The number of nitrogens with zero attached hydrogens (tertiary/aromatic N) is 1. The molecule has 0 aliphatic carbocycles. The van der Waals surface area contributed by atoms with Crippen molar-refractivity contribution in [3.63, 3.8) is 0 Å². The fourth-order valence-electron chi connectivity index (χ4n) is 1.78. The van der Waals surface area contributed by atoms with E-state index in [1.807, 2.05) is 12.1 Å². The van der Waals surface area contributed by atoms with Crippen LogP contribution in [0.5, 0.6) is 0 Å². The number of anilines is 1. The highest BCUT2D eigenvalue weighted by Crippen LogP contribution is 2.11. The van der Waals surface area contributed by atoms with Gasteiger partial charge in [-0.1, -0.05) is 32.0 Å². The predicted octanol–water partition coefficient (Wildman–Crippen LogP) is 2.54. The van der Waals surface area contributed by atoms with Crippen LogP contribution < -0.4 is 5.73 Å². The maximum absolute atomic E-state index is 5.90. The fourth-order valence-corrected chi connectivity index (χ4v) is 1.78. The topological polar surface area (TPSA) is 29.3 Å². The van der Waals surface area contributed by atoms with Gasteiger partial charge >= 0.3 is 0 Å². The van der Waals surface area contributed by atoms with Gasteiger partial charge in [-0.25, -0.2) is 0 Å². The number of nitrogen functional groups attached to an aromatic ring is 1. The first-order valence-corrected chi connectivity index (χ1v) is 5.83. The maximum Gasteiger partial charge on any atom is 0.0347 e. The molecule has 0 heterocycles. The number of nitrogens with two attached hydrogens (primary N) is 1. The summed E-state index contributed by atoms with van der Waals surface area (Å²) in [6, 6.07) is 8.14. The van der Waals surface area contributed by atoms with Crippen molar-refractivity contribution < 1.29 is 0 Å². The number of likely N-dealkylation sites (N-methyl/N-ethyl adjacent to an activating group) is 1. The third kappa shape index (κ3) is 3.92. The van der Waals surface area contributed by atoms with E-state index in [0.717, 1.165) is 25.2 Å². The third-order valence-corrected chi connectivity index (χ3v) is 2.74. The molecule has 0 saturated carbocycles. The number of hydrogen-bond acceptors (Lipinski definition) is 2. The Balaban J connectivity index is 2.45. The monoisotopic (exact) mass is 206 g/mol. The second kappa shape index (κ2) is 6.46. The quantitative estimate of drug-likeness (QED) is 0.725. The molecule has 2 heteroatoms. The predicted molar refractivity (Wildman–Crippen MR) is 67.0 cm³/mol. The molecule has 2 N–H and O–H groups in total. The average Bonchev–Trinajstić information content (AvgIpc) is 2.26. The normalized spacial score (nSPS) is 10.9. The maximum atomic E-state index is 5.90. The molecule has 2 nitrogen and oxygen atoms in total. The van der Waals surface area contributed by atoms with Crippen molar-refractivity contribution in [3.8, 4) is 0 Å². The van der Waals surface area contributed by atoms with Crippen molar-refractivity contribution in [2.75, 3.05) is 25.4 Å². The second-order valence-corrected chi connectivity index (χ2v) is 3.88. The molecule has 1 rings (SSSR count). The van der Waals surface area contributed by atoms with Crippen molar-refractivity contribution in [1.82, 2.24) is 4.90 Å². The van der Waals surface area contributed by atoms with Gasteiger partial charge in [0.05, 0.1) is 0 Å². The summed E-state index contributed by atoms with van der Waals surface area (Å²) in [5.74, 6) is 0. The van der Waals surface area contributed by atoms with Crippen LogP contribution in [0.3, 0.4) is 0 Å². The Kier molecular flexibility index (Phi) is 5.19. The van der Waals surface area contributed by atoms with Crippen LogP contribution in [0, 0.1) is 0 Å². The lowest BCUT2D eigenvalue weighted by Crippen LogP contribution is -2.26. The molecular formula is C13H22N2. The Bertz CT molecular complexity index is 284. The van der Waals surface area contributed by atoms with Gasteiger partial charge in [-0.2, -0.15) is 0 Å². The molecule has 0 aromatic heterocycles. The lowest BCUT2D eigenvalue weighted by molar-refractivity contribution is 0.292. The van der Waals surface area contributed by atoms with Crippen LogP contribution >= 0.6 is 0 Å². The Morgan fingerprint density at radius 2 is 1.87 bits per heavy atom. The van der Waals surface area contributed by atoms with E-state index in [2.05, 4.69) is 30.9 Å². The lowest BCUT2D eigenvalue weighted by Gasteiger charge is -2.19. The van der Waals surface area contributed by atoms with Crippen LogP contribution in [0.15, 0.2) is 24.3 Å². The standard InChI is InChI=1S/C13H22N2/c1-3-10-15(4-2)11-9-12-7-5-6-8-13(12)14/h5-8H,3-4,9-11,14H2,1-2H3. The molecule has 84 valence electrons. The van der Waals surface area contributed by atoms with Gasteiger partial charge in [0.25, 0.3) is 0 Å². The summed E-state index contributed by atoms with van der Waals surface area (Å²) in [4.78, 5) is 2.46. The van der Waals surface area contributed by atoms with E-state index in [9.17, 15) is 0 Å². The molecule has 0 spiro atoms. The van der Waals surface area contributed by atoms with Gasteiger partial charge in [0.15, 0.2) is 0 Å². The van der Waals surface area contributed by atoms with Crippen LogP contribution in [-0.4, -0.2) is 24.5 Å². The van der Waals surface area contributed by atoms with Crippen LogP contribution in [0.4, 0.5) is 5.69 Å². The zero-order valence-electron chi connectivity index (χ0n) is 9.87. The molecule has 0 bridgehead atoms. The minimum Gasteiger partial charge on any atom is -0.399 e. The molecular weight excluding hydrogens is 184 g/mol. The molecule has 1 aromatic carbocycles. The van der Waals surface area contributed by atoms with Gasteiger partial charge < -0.3 is 10.6 Å². The molecule has 0 aliphatic heterocycles. The molecule has 0 fully saturated rings. The summed E-state index contributed by atoms with van der Waals surface area (Å²) in [7, 11) is 0. The Hall–Kier alpha value is -1.02. The highest BCUT2D eigenvalue weighted by atomic mass is 15.1. The van der Waals surface area contributed by atoms with E-state index in [4.69, 9.17) is 5.73 Å². The fraction of sp³-hybridized carbons (Fsp3) is 0.538. The molecule has 0 saturated heterocycles. The minimum atomic E-state index is 0.921. The minimum absolute atomic E-state index is 0.921. The first kappa shape index (κ1) is 12.1. The summed E-state index contributed by atoms with van der Waals surface area (Å²) in [5.41, 5.74) is 8.10. The van der Waals surface area contributed by atoms with Crippen molar-refractivity contribution >= 4 is 5.69 Å². The average molecular weight is 206 g/mol. The van der Waals surface area contributed by atoms with Gasteiger partial charge in [0.2, 0.25) is 0 Å². The van der Waals surface area contributed by atoms with Crippen LogP contribution in [0.2, 0.25) is 0 Å². The Morgan fingerprint density at radius 3 is 2.47 bits per heavy atom. The molecule has 1 aromatic rings. The first-order chi connectivity index (χ1) is 7.27. The van der Waals surface area contributed by atoms with Crippen molar-refractivity contribution in [2.24, 2.45) is 0 Å². The smallest absolute Gasteiger partial charge is 0.0347 e. The summed E-state index contributed by atoms with van der Waals surface area (Å²) in [5, 5.41) is 0. The number of hydrogen-bond donors (Lipinski definition) is 1. The molecule has 0 atom stereocenters. The molecule has 0 radical (unpaired) electrons. The number of rotatable bonds is 6. The molecule has 0 aliphatic rings. The van der Waals surface area contributed by atoms with Crippen LogP contribution in [0.25, 0.3) is 0 Å². The number of para-hydroxylation sites is 1. The highest BCUT2D eigenvalue weighted by Gasteiger charge is 2.02. The summed E-state index contributed by atoms with van der Waals surface area (Å²) in [6.07, 6.45) is 2.28. The molecule has 0 amide bonds. The first-order valence-electron chi connectivity index (χ1n) is 5.83. The number of benzene rings is 1. The third-order valence-electron chi connectivity index (χ3n) is 2.74. The molecule has 15 heavy (non-hydrogen) atoms. The second-order valence-electron chi connectivity index (χ2n) is 3.88.